The van der Waals surface area contributed by atoms with Crippen LogP contribution < -0.4 is 5.73 Å². The van der Waals surface area contributed by atoms with E-state index in [1.807, 2.05) is 48.5 Å². The summed E-state index contributed by atoms with van der Waals surface area (Å²) in [6.45, 7) is 0. The Labute approximate surface area is 140 Å². The van der Waals surface area contributed by atoms with Crippen molar-refractivity contribution in [3.8, 4) is 11.1 Å². The molecular formula is C17H20NO5P. The van der Waals surface area contributed by atoms with Gasteiger partial charge in [0.15, 0.2) is 0 Å². The SMILES string of the molecule is NC(Cc1cccc(-c2ccccc2CCP(=O)(O)O)c1)C(=O)O. The lowest BCUT2D eigenvalue weighted by atomic mass is 9.95. The maximum absolute atomic E-state index is 11.1. The molecule has 2 aromatic rings. The minimum Gasteiger partial charge on any atom is -0.480 e. The molecule has 0 saturated heterocycles. The highest BCUT2D eigenvalue weighted by Gasteiger charge is 2.15. The lowest BCUT2D eigenvalue weighted by Crippen LogP contribution is -2.32. The quantitative estimate of drug-likeness (QED) is 0.568. The average Bonchev–Trinajstić information content (AvgIpc) is 2.52. The van der Waals surface area contributed by atoms with E-state index in [0.717, 1.165) is 22.3 Å². The molecule has 6 nitrogen and oxygen atoms in total. The summed E-state index contributed by atoms with van der Waals surface area (Å²) in [5.41, 5.74) is 8.95. The van der Waals surface area contributed by atoms with E-state index in [2.05, 4.69) is 0 Å². The largest absolute Gasteiger partial charge is 0.480 e. The molecule has 0 saturated carbocycles. The molecule has 0 aliphatic rings. The molecule has 0 bridgehead atoms. The van der Waals surface area contributed by atoms with Crippen LogP contribution in [0.25, 0.3) is 11.1 Å². The summed E-state index contributed by atoms with van der Waals surface area (Å²) < 4.78 is 11.1. The molecule has 0 radical (unpaired) electrons. The van der Waals surface area contributed by atoms with Gasteiger partial charge in [-0.25, -0.2) is 0 Å². The van der Waals surface area contributed by atoms with Crippen molar-refractivity contribution >= 4 is 13.6 Å². The standard InChI is InChI=1S/C17H20NO5P/c18-16(17(19)20)11-12-4-3-6-14(10-12)15-7-2-1-5-13(15)8-9-24(21,22)23/h1-7,10,16H,8-9,11,18H2,(H,19,20)(H2,21,22,23). The van der Waals surface area contributed by atoms with Crippen molar-refractivity contribution in [2.45, 2.75) is 18.9 Å². The number of aliphatic carboxylic acids is 1. The molecule has 128 valence electrons. The van der Waals surface area contributed by atoms with E-state index in [-0.39, 0.29) is 19.0 Å². The van der Waals surface area contributed by atoms with Crippen molar-refractivity contribution in [1.29, 1.82) is 0 Å². The van der Waals surface area contributed by atoms with Gasteiger partial charge in [-0.05, 0) is 35.1 Å². The molecule has 24 heavy (non-hydrogen) atoms. The summed E-state index contributed by atoms with van der Waals surface area (Å²) in [4.78, 5) is 29.0. The second-order valence-electron chi connectivity index (χ2n) is 5.64. The van der Waals surface area contributed by atoms with E-state index in [4.69, 9.17) is 20.6 Å². The maximum Gasteiger partial charge on any atom is 0.325 e. The molecule has 2 rings (SSSR count). The predicted molar refractivity (Wildman–Crippen MR) is 91.8 cm³/mol. The molecule has 0 aliphatic carbocycles. The third kappa shape index (κ3) is 5.28. The van der Waals surface area contributed by atoms with Gasteiger partial charge in [-0.1, -0.05) is 48.5 Å². The number of aryl methyl sites for hydroxylation is 1. The monoisotopic (exact) mass is 349 g/mol. The van der Waals surface area contributed by atoms with Crippen LogP contribution in [0.2, 0.25) is 0 Å². The Morgan fingerprint density at radius 2 is 1.83 bits per heavy atom. The van der Waals surface area contributed by atoms with E-state index in [1.165, 1.54) is 0 Å². The van der Waals surface area contributed by atoms with Gasteiger partial charge in [0, 0.05) is 0 Å². The van der Waals surface area contributed by atoms with Crippen molar-refractivity contribution in [1.82, 2.24) is 0 Å². The fraction of sp³-hybridized carbons (Fsp3) is 0.235. The third-order valence-corrected chi connectivity index (χ3v) is 4.51. The Bertz CT molecular complexity index is 771. The highest BCUT2D eigenvalue weighted by atomic mass is 31.2. The van der Waals surface area contributed by atoms with E-state index in [0.29, 0.717) is 0 Å². The lowest BCUT2D eigenvalue weighted by molar-refractivity contribution is -0.138. The zero-order valence-corrected chi connectivity index (χ0v) is 13.9. The molecule has 0 amide bonds. The number of nitrogens with two attached hydrogens (primary N) is 1. The zero-order valence-electron chi connectivity index (χ0n) is 13.0. The number of benzene rings is 2. The first-order valence-electron chi connectivity index (χ1n) is 7.46. The Balaban J connectivity index is 2.28. The van der Waals surface area contributed by atoms with Gasteiger partial charge in [-0.2, -0.15) is 0 Å². The molecule has 5 N–H and O–H groups in total. The molecule has 0 aliphatic heterocycles. The highest BCUT2D eigenvalue weighted by molar-refractivity contribution is 7.51. The average molecular weight is 349 g/mol. The summed E-state index contributed by atoms with van der Waals surface area (Å²) in [5, 5.41) is 8.92. The Morgan fingerprint density at radius 1 is 1.12 bits per heavy atom. The van der Waals surface area contributed by atoms with Gasteiger partial charge >= 0.3 is 13.6 Å². The van der Waals surface area contributed by atoms with Crippen LogP contribution in [0.3, 0.4) is 0 Å². The van der Waals surface area contributed by atoms with E-state index in [1.54, 1.807) is 0 Å². The summed E-state index contributed by atoms with van der Waals surface area (Å²) in [7, 11) is -4.06. The number of rotatable bonds is 7. The Kier molecular flexibility index (Phi) is 5.91. The number of hydrogen-bond acceptors (Lipinski definition) is 3. The third-order valence-electron chi connectivity index (χ3n) is 3.70. The highest BCUT2D eigenvalue weighted by Crippen LogP contribution is 2.36. The Hall–Kier alpha value is -1.98. The fourth-order valence-corrected chi connectivity index (χ4v) is 3.03. The topological polar surface area (TPSA) is 121 Å². The molecule has 1 unspecified atom stereocenters. The molecule has 1 atom stereocenters. The zero-order chi connectivity index (χ0) is 17.7. The molecule has 0 aromatic heterocycles. The van der Waals surface area contributed by atoms with Crippen LogP contribution in [-0.2, 0) is 22.2 Å². The van der Waals surface area contributed by atoms with Gasteiger partial charge in [0.25, 0.3) is 0 Å². The Morgan fingerprint density at radius 3 is 2.50 bits per heavy atom. The number of hydrogen-bond donors (Lipinski definition) is 4. The smallest absolute Gasteiger partial charge is 0.325 e. The molecular weight excluding hydrogens is 329 g/mol. The number of carboxylic acids is 1. The summed E-state index contributed by atoms with van der Waals surface area (Å²) >= 11 is 0. The minimum absolute atomic E-state index is 0.215. The second-order valence-corrected chi connectivity index (χ2v) is 7.42. The van der Waals surface area contributed by atoms with Crippen LogP contribution in [0.15, 0.2) is 48.5 Å². The van der Waals surface area contributed by atoms with E-state index >= 15 is 0 Å². The summed E-state index contributed by atoms with van der Waals surface area (Å²) in [6.07, 6.45) is 0.265. The minimum atomic E-state index is -4.06. The summed E-state index contributed by atoms with van der Waals surface area (Å²) in [6, 6.07) is 13.8. The van der Waals surface area contributed by atoms with Crippen LogP contribution in [0.4, 0.5) is 0 Å². The van der Waals surface area contributed by atoms with Crippen LogP contribution in [0.5, 0.6) is 0 Å². The van der Waals surface area contributed by atoms with Gasteiger partial charge in [0.05, 0.1) is 6.16 Å². The van der Waals surface area contributed by atoms with Gasteiger partial charge in [0.2, 0.25) is 0 Å². The first kappa shape index (κ1) is 18.4. The van der Waals surface area contributed by atoms with Crippen LogP contribution in [0, 0.1) is 0 Å². The predicted octanol–water partition coefficient (Wildman–Crippen LogP) is 2.03. The van der Waals surface area contributed by atoms with Crippen molar-refractivity contribution in [2.75, 3.05) is 6.16 Å². The maximum atomic E-state index is 11.1. The van der Waals surface area contributed by atoms with E-state index in [9.17, 15) is 9.36 Å². The molecule has 0 fully saturated rings. The van der Waals surface area contributed by atoms with Crippen molar-refractivity contribution in [2.24, 2.45) is 5.73 Å². The summed E-state index contributed by atoms with van der Waals surface area (Å²) in [5.74, 6) is -1.05. The lowest BCUT2D eigenvalue weighted by Gasteiger charge is -2.12. The van der Waals surface area contributed by atoms with Crippen LogP contribution >= 0.6 is 7.60 Å². The molecule has 7 heteroatoms. The van der Waals surface area contributed by atoms with Crippen molar-refractivity contribution < 1.29 is 24.3 Å². The van der Waals surface area contributed by atoms with Crippen LogP contribution in [0.1, 0.15) is 11.1 Å². The first-order valence-corrected chi connectivity index (χ1v) is 9.26. The molecule has 0 spiro atoms. The fourth-order valence-electron chi connectivity index (χ4n) is 2.49. The molecule has 0 heterocycles. The second kappa shape index (κ2) is 7.73. The number of carbonyl (C=O) groups is 1. The normalized spacial score (nSPS) is 12.8. The van der Waals surface area contributed by atoms with Gasteiger partial charge in [0.1, 0.15) is 6.04 Å². The number of carboxylic acid groups (broad SMARTS) is 1. The van der Waals surface area contributed by atoms with Crippen molar-refractivity contribution in [3.05, 3.63) is 59.7 Å². The van der Waals surface area contributed by atoms with Gasteiger partial charge in [-0.15, -0.1) is 0 Å². The molecule has 2 aromatic carbocycles. The van der Waals surface area contributed by atoms with Crippen molar-refractivity contribution in [3.63, 3.8) is 0 Å². The van der Waals surface area contributed by atoms with Gasteiger partial charge in [-0.3, -0.25) is 9.36 Å². The first-order chi connectivity index (χ1) is 11.3. The van der Waals surface area contributed by atoms with E-state index < -0.39 is 19.6 Å². The van der Waals surface area contributed by atoms with Gasteiger partial charge < -0.3 is 20.6 Å². The van der Waals surface area contributed by atoms with Crippen LogP contribution in [-0.4, -0.2) is 33.1 Å².